The second-order valence-corrected chi connectivity index (χ2v) is 4.51. The van der Waals surface area contributed by atoms with Crippen molar-refractivity contribution in [3.05, 3.63) is 0 Å². The summed E-state index contributed by atoms with van der Waals surface area (Å²) in [5, 5.41) is 3.47. The van der Waals surface area contributed by atoms with Gasteiger partial charge in [-0.2, -0.15) is 0 Å². The van der Waals surface area contributed by atoms with Crippen LogP contribution in [0.3, 0.4) is 0 Å². The van der Waals surface area contributed by atoms with Crippen molar-refractivity contribution in [2.75, 3.05) is 19.6 Å². The Kier molecular flexibility index (Phi) is 2.74. The van der Waals surface area contributed by atoms with E-state index in [0.717, 1.165) is 19.6 Å². The predicted octanol–water partition coefficient (Wildman–Crippen LogP) is -0.456. The van der Waals surface area contributed by atoms with Crippen LogP contribution in [0.2, 0.25) is 0 Å². The molecule has 2 aliphatic heterocycles. The van der Waals surface area contributed by atoms with Gasteiger partial charge in [-0.3, -0.25) is 9.69 Å². The van der Waals surface area contributed by atoms with Crippen LogP contribution < -0.4 is 11.1 Å². The number of primary amides is 1. The minimum atomic E-state index is -0.141. The lowest BCUT2D eigenvalue weighted by Crippen LogP contribution is -2.62. The van der Waals surface area contributed by atoms with Crippen LogP contribution in [0.15, 0.2) is 0 Å². The molecule has 0 radical (unpaired) electrons. The van der Waals surface area contributed by atoms with Crippen molar-refractivity contribution in [1.29, 1.82) is 0 Å². The van der Waals surface area contributed by atoms with E-state index in [1.165, 1.54) is 12.8 Å². The number of likely N-dealkylation sites (tertiary alicyclic amines) is 1. The molecular weight excluding hydrogens is 178 g/mol. The van der Waals surface area contributed by atoms with Gasteiger partial charge >= 0.3 is 0 Å². The molecule has 1 amide bonds. The molecule has 2 saturated heterocycles. The lowest BCUT2D eigenvalue weighted by atomic mass is 9.90. The monoisotopic (exact) mass is 197 g/mol. The van der Waals surface area contributed by atoms with Crippen LogP contribution in [0.5, 0.6) is 0 Å². The van der Waals surface area contributed by atoms with Crippen molar-refractivity contribution >= 4 is 5.91 Å². The average molecular weight is 197 g/mol. The highest BCUT2D eigenvalue weighted by atomic mass is 16.1. The normalized spacial score (nSPS) is 35.2. The molecule has 2 atom stereocenters. The number of carbonyl (C=O) groups is 1. The number of amides is 1. The maximum absolute atomic E-state index is 10.9. The number of nitrogens with zero attached hydrogens (tertiary/aromatic N) is 1. The molecule has 3 N–H and O–H groups in total. The third-order valence-corrected chi connectivity index (χ3v) is 3.50. The lowest BCUT2D eigenvalue weighted by Gasteiger charge is -2.47. The van der Waals surface area contributed by atoms with Gasteiger partial charge < -0.3 is 11.1 Å². The van der Waals surface area contributed by atoms with Crippen LogP contribution in [-0.4, -0.2) is 42.5 Å². The van der Waals surface area contributed by atoms with Crippen LogP contribution in [0.4, 0.5) is 0 Å². The van der Waals surface area contributed by atoms with Crippen molar-refractivity contribution in [2.45, 2.75) is 31.8 Å². The van der Waals surface area contributed by atoms with Crippen molar-refractivity contribution in [3.63, 3.8) is 0 Å². The molecule has 2 heterocycles. The van der Waals surface area contributed by atoms with Crippen LogP contribution in [0.1, 0.15) is 19.8 Å². The lowest BCUT2D eigenvalue weighted by molar-refractivity contribution is -0.128. The van der Waals surface area contributed by atoms with Crippen LogP contribution in [0.25, 0.3) is 0 Å². The maximum Gasteiger partial charge on any atom is 0.223 e. The number of nitrogens with two attached hydrogens (primary N) is 1. The highest BCUT2D eigenvalue weighted by Crippen LogP contribution is 2.24. The number of piperidine rings is 1. The van der Waals surface area contributed by atoms with E-state index in [2.05, 4.69) is 17.1 Å². The van der Waals surface area contributed by atoms with Crippen LogP contribution in [-0.2, 0) is 4.79 Å². The molecular formula is C10H19N3O. The molecule has 2 rings (SSSR count). The molecule has 0 saturated carbocycles. The quantitative estimate of drug-likeness (QED) is 0.630. The Labute approximate surface area is 84.8 Å². The first-order valence-corrected chi connectivity index (χ1v) is 5.45. The summed E-state index contributed by atoms with van der Waals surface area (Å²) in [5.41, 5.74) is 5.24. The number of rotatable bonds is 2. The van der Waals surface area contributed by atoms with E-state index < -0.39 is 0 Å². The maximum atomic E-state index is 10.9. The zero-order valence-corrected chi connectivity index (χ0v) is 8.70. The van der Waals surface area contributed by atoms with Crippen LogP contribution in [0, 0.1) is 5.92 Å². The van der Waals surface area contributed by atoms with E-state index in [-0.39, 0.29) is 11.8 Å². The fraction of sp³-hybridized carbons (Fsp3) is 0.900. The van der Waals surface area contributed by atoms with E-state index in [1.807, 2.05) is 0 Å². The van der Waals surface area contributed by atoms with Gasteiger partial charge in [-0.25, -0.2) is 0 Å². The van der Waals surface area contributed by atoms with Crippen LogP contribution >= 0.6 is 0 Å². The fourth-order valence-electron chi connectivity index (χ4n) is 2.49. The summed E-state index contributed by atoms with van der Waals surface area (Å²) in [7, 11) is 0. The fourth-order valence-corrected chi connectivity index (χ4v) is 2.49. The minimum absolute atomic E-state index is 0.101. The highest BCUT2D eigenvalue weighted by molar-refractivity contribution is 5.78. The van der Waals surface area contributed by atoms with E-state index in [0.29, 0.717) is 12.1 Å². The first-order chi connectivity index (χ1) is 6.68. The summed E-state index contributed by atoms with van der Waals surface area (Å²) in [6.07, 6.45) is 2.49. The average Bonchev–Trinajstić information content (AvgIpc) is 2.05. The van der Waals surface area contributed by atoms with Gasteiger partial charge in [-0.15, -0.1) is 0 Å². The van der Waals surface area contributed by atoms with E-state index in [9.17, 15) is 4.79 Å². The third-order valence-electron chi connectivity index (χ3n) is 3.50. The Balaban J connectivity index is 1.83. The number of hydrogen-bond acceptors (Lipinski definition) is 3. The van der Waals surface area contributed by atoms with Crippen molar-refractivity contribution in [1.82, 2.24) is 10.2 Å². The highest BCUT2D eigenvalue weighted by Gasteiger charge is 2.38. The minimum Gasteiger partial charge on any atom is -0.369 e. The largest absolute Gasteiger partial charge is 0.369 e. The molecule has 14 heavy (non-hydrogen) atoms. The molecule has 4 heteroatoms. The first-order valence-electron chi connectivity index (χ1n) is 5.45. The van der Waals surface area contributed by atoms with Gasteiger partial charge in [0, 0.05) is 25.2 Å². The Morgan fingerprint density at radius 1 is 1.50 bits per heavy atom. The van der Waals surface area contributed by atoms with Gasteiger partial charge in [0.1, 0.15) is 0 Å². The molecule has 0 aromatic heterocycles. The second-order valence-electron chi connectivity index (χ2n) is 4.51. The Hall–Kier alpha value is -0.610. The van der Waals surface area contributed by atoms with Crippen molar-refractivity contribution in [2.24, 2.45) is 11.7 Å². The van der Waals surface area contributed by atoms with E-state index in [4.69, 9.17) is 5.73 Å². The van der Waals surface area contributed by atoms with Crippen molar-refractivity contribution < 1.29 is 4.79 Å². The van der Waals surface area contributed by atoms with Gasteiger partial charge in [0.15, 0.2) is 0 Å². The summed E-state index contributed by atoms with van der Waals surface area (Å²) in [6, 6.07) is 1.16. The second kappa shape index (κ2) is 3.87. The number of hydrogen-bond donors (Lipinski definition) is 2. The standard InChI is InChI=1S/C10H19N3O/c1-7-9(3-2-4-12-7)13-5-8(6-13)10(11)14/h7-9,12H,2-6H2,1H3,(H2,11,14). The molecule has 0 aromatic rings. The molecule has 0 aliphatic carbocycles. The van der Waals surface area contributed by atoms with Gasteiger partial charge in [-0.1, -0.05) is 0 Å². The van der Waals surface area contributed by atoms with Gasteiger partial charge in [0.2, 0.25) is 5.91 Å². The molecule has 0 spiro atoms. The Morgan fingerprint density at radius 2 is 2.21 bits per heavy atom. The zero-order chi connectivity index (χ0) is 10.1. The van der Waals surface area contributed by atoms with Gasteiger partial charge in [0.25, 0.3) is 0 Å². The van der Waals surface area contributed by atoms with E-state index >= 15 is 0 Å². The first kappa shape index (κ1) is 9.93. The summed E-state index contributed by atoms with van der Waals surface area (Å²) in [6.45, 7) is 5.09. The Morgan fingerprint density at radius 3 is 2.79 bits per heavy atom. The molecule has 2 aliphatic rings. The summed E-state index contributed by atoms with van der Waals surface area (Å²) < 4.78 is 0. The predicted molar refractivity (Wildman–Crippen MR) is 54.7 cm³/mol. The van der Waals surface area contributed by atoms with Gasteiger partial charge in [0.05, 0.1) is 5.92 Å². The molecule has 0 aromatic carbocycles. The topological polar surface area (TPSA) is 58.4 Å². The third kappa shape index (κ3) is 1.77. The SMILES string of the molecule is CC1NCCCC1N1CC(C(N)=O)C1. The molecule has 80 valence electrons. The van der Waals surface area contributed by atoms with Crippen molar-refractivity contribution in [3.8, 4) is 0 Å². The van der Waals surface area contributed by atoms with Gasteiger partial charge in [-0.05, 0) is 26.3 Å². The molecule has 2 fully saturated rings. The molecule has 2 unspecified atom stereocenters. The summed E-state index contributed by atoms with van der Waals surface area (Å²) in [5.74, 6) is -0.0400. The van der Waals surface area contributed by atoms with E-state index in [1.54, 1.807) is 0 Å². The molecule has 0 bridgehead atoms. The summed E-state index contributed by atoms with van der Waals surface area (Å²) >= 11 is 0. The summed E-state index contributed by atoms with van der Waals surface area (Å²) in [4.78, 5) is 13.3. The molecule has 4 nitrogen and oxygen atoms in total. The Bertz CT molecular complexity index is 225. The number of nitrogens with one attached hydrogen (secondary N) is 1. The smallest absolute Gasteiger partial charge is 0.223 e. The number of carbonyl (C=O) groups excluding carboxylic acids is 1. The zero-order valence-electron chi connectivity index (χ0n) is 8.70.